The number of aryl methyl sites for hydroxylation is 2. The van der Waals surface area contributed by atoms with Crippen molar-refractivity contribution in [1.29, 1.82) is 0 Å². The van der Waals surface area contributed by atoms with Crippen LogP contribution in [0.2, 0.25) is 0 Å². The summed E-state index contributed by atoms with van der Waals surface area (Å²) in [6.07, 6.45) is 2.32. The van der Waals surface area contributed by atoms with Crippen LogP contribution in [0.3, 0.4) is 0 Å². The van der Waals surface area contributed by atoms with Crippen LogP contribution in [-0.2, 0) is 17.9 Å². The molecule has 0 spiro atoms. The van der Waals surface area contributed by atoms with E-state index in [4.69, 9.17) is 11.5 Å². The van der Waals surface area contributed by atoms with Crippen LogP contribution in [0.1, 0.15) is 29.8 Å². The zero-order valence-electron chi connectivity index (χ0n) is 16.2. The van der Waals surface area contributed by atoms with Gasteiger partial charge in [0.25, 0.3) is 5.56 Å². The fourth-order valence-corrected chi connectivity index (χ4v) is 4.26. The zero-order valence-corrected chi connectivity index (χ0v) is 17.0. The molecule has 2 aromatic rings. The van der Waals surface area contributed by atoms with Gasteiger partial charge >= 0.3 is 0 Å². The Labute approximate surface area is 168 Å². The smallest absolute Gasteiger partial charge is 0.275 e. The summed E-state index contributed by atoms with van der Waals surface area (Å²) >= 11 is 1.52. The normalized spacial score (nSPS) is 14.4. The standard InChI is InChI=1S/C19H26N6O2S/c1-12-9-15(28-24-7-3-4-8-24)18(21)19(27)25(12)11-17(26)22-10-14-5-6-16(20)23-13(14)2/h5-6,9H,3-4,7-8,10-11,21H2,1-2H3,(H2,20,23)(H,22,26). The van der Waals surface area contributed by atoms with Crippen molar-refractivity contribution in [1.82, 2.24) is 19.2 Å². The fourth-order valence-electron chi connectivity index (χ4n) is 3.14. The number of pyridine rings is 2. The first kappa shape index (κ1) is 20.2. The van der Waals surface area contributed by atoms with Gasteiger partial charge in [-0.1, -0.05) is 6.07 Å². The fraction of sp³-hybridized carbons (Fsp3) is 0.421. The number of nitrogens with two attached hydrogens (primary N) is 2. The maximum Gasteiger partial charge on any atom is 0.275 e. The predicted octanol–water partition coefficient (Wildman–Crippen LogP) is 1.44. The molecule has 1 fully saturated rings. The number of nitrogens with one attached hydrogen (secondary N) is 1. The van der Waals surface area contributed by atoms with Gasteiger partial charge in [-0.05, 0) is 56.3 Å². The van der Waals surface area contributed by atoms with E-state index in [0.29, 0.717) is 18.1 Å². The van der Waals surface area contributed by atoms with Gasteiger partial charge in [0.1, 0.15) is 18.1 Å². The third kappa shape index (κ3) is 4.66. The lowest BCUT2D eigenvalue weighted by atomic mass is 10.2. The number of aromatic nitrogens is 2. The second-order valence-corrected chi connectivity index (χ2v) is 8.08. The molecule has 0 bridgehead atoms. The van der Waals surface area contributed by atoms with Gasteiger partial charge in [-0.2, -0.15) is 0 Å². The Balaban J connectivity index is 1.68. The molecule has 150 valence electrons. The van der Waals surface area contributed by atoms with Crippen molar-refractivity contribution >= 4 is 29.4 Å². The molecule has 0 saturated carbocycles. The van der Waals surface area contributed by atoms with E-state index in [1.165, 1.54) is 16.5 Å². The van der Waals surface area contributed by atoms with E-state index >= 15 is 0 Å². The molecular formula is C19H26N6O2S. The van der Waals surface area contributed by atoms with Gasteiger partial charge in [-0.25, -0.2) is 9.29 Å². The number of amides is 1. The van der Waals surface area contributed by atoms with E-state index in [-0.39, 0.29) is 23.7 Å². The van der Waals surface area contributed by atoms with E-state index in [0.717, 1.165) is 42.1 Å². The Morgan fingerprint density at radius 1 is 1.25 bits per heavy atom. The number of carbonyl (C=O) groups excluding carboxylic acids is 1. The van der Waals surface area contributed by atoms with Crippen molar-refractivity contribution < 1.29 is 4.79 Å². The third-order valence-corrected chi connectivity index (χ3v) is 5.95. The molecule has 3 heterocycles. The highest BCUT2D eigenvalue weighted by molar-refractivity contribution is 7.97. The third-order valence-electron chi connectivity index (χ3n) is 4.79. The highest BCUT2D eigenvalue weighted by atomic mass is 32.2. The lowest BCUT2D eigenvalue weighted by Gasteiger charge is -2.17. The number of rotatable bonds is 6. The molecule has 2 aromatic heterocycles. The Hall–Kier alpha value is -2.52. The summed E-state index contributed by atoms with van der Waals surface area (Å²) < 4.78 is 3.62. The SMILES string of the molecule is Cc1nc(N)ccc1CNC(=O)Cn1c(C)cc(SN2CCCC2)c(N)c1=O. The van der Waals surface area contributed by atoms with Crippen LogP contribution in [0.15, 0.2) is 27.9 Å². The molecule has 1 aliphatic rings. The van der Waals surface area contributed by atoms with Crippen molar-refractivity contribution in [3.63, 3.8) is 0 Å². The molecule has 28 heavy (non-hydrogen) atoms. The number of nitrogen functional groups attached to an aromatic ring is 2. The minimum absolute atomic E-state index is 0.0784. The molecule has 0 unspecified atom stereocenters. The van der Waals surface area contributed by atoms with Crippen LogP contribution in [0.25, 0.3) is 0 Å². The molecule has 5 N–H and O–H groups in total. The summed E-state index contributed by atoms with van der Waals surface area (Å²) in [6, 6.07) is 5.40. The van der Waals surface area contributed by atoms with Crippen molar-refractivity contribution in [2.45, 2.75) is 44.7 Å². The second-order valence-electron chi connectivity index (χ2n) is 6.94. The maximum absolute atomic E-state index is 12.7. The van der Waals surface area contributed by atoms with Gasteiger partial charge < -0.3 is 21.4 Å². The molecule has 8 nitrogen and oxygen atoms in total. The molecule has 0 aromatic carbocycles. The maximum atomic E-state index is 12.7. The summed E-state index contributed by atoms with van der Waals surface area (Å²) in [5.74, 6) is 0.179. The van der Waals surface area contributed by atoms with Crippen LogP contribution in [-0.4, -0.2) is 32.9 Å². The van der Waals surface area contributed by atoms with Crippen LogP contribution in [0, 0.1) is 13.8 Å². The topological polar surface area (TPSA) is 119 Å². The summed E-state index contributed by atoms with van der Waals surface area (Å²) in [5, 5.41) is 2.82. The lowest BCUT2D eigenvalue weighted by Crippen LogP contribution is -2.34. The largest absolute Gasteiger partial charge is 0.393 e. The molecule has 0 atom stereocenters. The van der Waals surface area contributed by atoms with Gasteiger partial charge in [0, 0.05) is 31.0 Å². The highest BCUT2D eigenvalue weighted by Gasteiger charge is 2.18. The molecule has 0 aliphatic carbocycles. The van der Waals surface area contributed by atoms with Gasteiger partial charge in [-0.15, -0.1) is 0 Å². The monoisotopic (exact) mass is 402 g/mol. The molecular weight excluding hydrogens is 376 g/mol. The van der Waals surface area contributed by atoms with E-state index in [1.807, 2.05) is 26.0 Å². The molecule has 1 aliphatic heterocycles. The van der Waals surface area contributed by atoms with Gasteiger partial charge in [0.05, 0.1) is 4.90 Å². The van der Waals surface area contributed by atoms with E-state index in [2.05, 4.69) is 14.6 Å². The molecule has 1 saturated heterocycles. The number of anilines is 2. The summed E-state index contributed by atoms with van der Waals surface area (Å²) in [7, 11) is 0. The molecule has 9 heteroatoms. The van der Waals surface area contributed by atoms with E-state index < -0.39 is 0 Å². The van der Waals surface area contributed by atoms with Crippen LogP contribution >= 0.6 is 11.9 Å². The first-order valence-corrected chi connectivity index (χ1v) is 10.0. The Kier molecular flexibility index (Phi) is 6.25. The summed E-state index contributed by atoms with van der Waals surface area (Å²) in [6.45, 7) is 5.89. The molecule has 1 amide bonds. The molecule has 0 radical (unpaired) electrons. The average Bonchev–Trinajstić information content (AvgIpc) is 3.15. The summed E-state index contributed by atoms with van der Waals surface area (Å²) in [4.78, 5) is 30.0. The first-order valence-electron chi connectivity index (χ1n) is 9.26. The van der Waals surface area contributed by atoms with Crippen molar-refractivity contribution in [3.8, 4) is 0 Å². The highest BCUT2D eigenvalue weighted by Crippen LogP contribution is 2.29. The quantitative estimate of drug-likeness (QED) is 0.626. The van der Waals surface area contributed by atoms with E-state index in [9.17, 15) is 9.59 Å². The molecule has 3 rings (SSSR count). The second kappa shape index (κ2) is 8.66. The van der Waals surface area contributed by atoms with Crippen molar-refractivity contribution in [2.75, 3.05) is 24.6 Å². The van der Waals surface area contributed by atoms with E-state index in [1.54, 1.807) is 6.07 Å². The number of hydrogen-bond acceptors (Lipinski definition) is 7. The average molecular weight is 403 g/mol. The first-order chi connectivity index (χ1) is 13.3. The number of hydrogen-bond donors (Lipinski definition) is 3. The van der Waals surface area contributed by atoms with Gasteiger partial charge in [0.2, 0.25) is 5.91 Å². The van der Waals surface area contributed by atoms with Crippen LogP contribution in [0.5, 0.6) is 0 Å². The van der Waals surface area contributed by atoms with Gasteiger partial charge in [-0.3, -0.25) is 9.59 Å². The Morgan fingerprint density at radius 3 is 2.64 bits per heavy atom. The minimum Gasteiger partial charge on any atom is -0.393 e. The van der Waals surface area contributed by atoms with Crippen molar-refractivity contribution in [3.05, 3.63) is 45.5 Å². The minimum atomic E-state index is -0.331. The zero-order chi connectivity index (χ0) is 20.3. The predicted molar refractivity (Wildman–Crippen MR) is 112 cm³/mol. The van der Waals surface area contributed by atoms with Crippen LogP contribution < -0.4 is 22.3 Å². The van der Waals surface area contributed by atoms with Gasteiger partial charge in [0.15, 0.2) is 0 Å². The lowest BCUT2D eigenvalue weighted by molar-refractivity contribution is -0.121. The number of carbonyl (C=O) groups is 1. The Morgan fingerprint density at radius 2 is 1.96 bits per heavy atom. The van der Waals surface area contributed by atoms with Crippen LogP contribution in [0.4, 0.5) is 11.5 Å². The van der Waals surface area contributed by atoms with Crippen molar-refractivity contribution in [2.24, 2.45) is 0 Å². The Bertz CT molecular complexity index is 937. The summed E-state index contributed by atoms with van der Waals surface area (Å²) in [5.41, 5.74) is 13.9. The number of nitrogens with zero attached hydrogens (tertiary/aromatic N) is 3.